The molecule has 1 aliphatic rings. The van der Waals surface area contributed by atoms with Crippen LogP contribution < -0.4 is 9.47 Å². The highest BCUT2D eigenvalue weighted by molar-refractivity contribution is 7.86. The van der Waals surface area contributed by atoms with Crippen LogP contribution in [0, 0.1) is 6.92 Å². The van der Waals surface area contributed by atoms with E-state index in [2.05, 4.69) is 4.98 Å². The van der Waals surface area contributed by atoms with Gasteiger partial charge in [-0.3, -0.25) is 4.18 Å². The van der Waals surface area contributed by atoms with Crippen molar-refractivity contribution in [2.24, 2.45) is 0 Å². The molecule has 0 unspecified atom stereocenters. The lowest BCUT2D eigenvalue weighted by atomic mass is 10.1. The average Bonchev–Trinajstić information content (AvgIpc) is 3.26. The van der Waals surface area contributed by atoms with Gasteiger partial charge in [0.05, 0.1) is 11.5 Å². The Kier molecular flexibility index (Phi) is 4.80. The fourth-order valence-electron chi connectivity index (χ4n) is 3.14. The van der Waals surface area contributed by atoms with E-state index in [0.717, 1.165) is 40.8 Å². The molecule has 1 aliphatic heterocycles. The van der Waals surface area contributed by atoms with Crippen LogP contribution in [0.3, 0.4) is 0 Å². The van der Waals surface area contributed by atoms with Gasteiger partial charge in [0.25, 0.3) is 10.1 Å². The zero-order valence-electron chi connectivity index (χ0n) is 15.0. The largest absolute Gasteiger partial charge is 0.454 e. The summed E-state index contributed by atoms with van der Waals surface area (Å²) in [6.45, 7) is 2.34. The van der Waals surface area contributed by atoms with Crippen molar-refractivity contribution in [1.29, 1.82) is 0 Å². The molecular weight excluding hydrogens is 366 g/mol. The topological polar surface area (TPSA) is 77.6 Å². The van der Waals surface area contributed by atoms with E-state index in [1.165, 1.54) is 5.56 Å². The van der Waals surface area contributed by atoms with E-state index < -0.39 is 10.1 Å². The fourth-order valence-corrected chi connectivity index (χ4v) is 4.08. The van der Waals surface area contributed by atoms with Crippen LogP contribution in [0.5, 0.6) is 11.5 Å². The summed E-state index contributed by atoms with van der Waals surface area (Å²) in [6.07, 6.45) is 4.28. The van der Waals surface area contributed by atoms with Crippen LogP contribution in [-0.2, 0) is 20.7 Å². The van der Waals surface area contributed by atoms with E-state index in [-0.39, 0.29) is 18.3 Å². The summed E-state index contributed by atoms with van der Waals surface area (Å²) in [5, 5.41) is 1.10. The Bertz CT molecular complexity index is 1050. The Balaban J connectivity index is 1.31. The molecule has 6 nitrogen and oxygen atoms in total. The highest BCUT2D eigenvalue weighted by atomic mass is 32.2. The number of hydrogen-bond acceptors (Lipinski definition) is 5. The second-order valence-electron chi connectivity index (χ2n) is 6.61. The Morgan fingerprint density at radius 3 is 2.59 bits per heavy atom. The van der Waals surface area contributed by atoms with Crippen molar-refractivity contribution in [3.8, 4) is 11.5 Å². The summed E-state index contributed by atoms with van der Waals surface area (Å²) in [5.74, 6) is 1.52. The zero-order chi connectivity index (χ0) is 18.9. The molecule has 1 N–H and O–H groups in total. The summed E-state index contributed by atoms with van der Waals surface area (Å²) in [4.78, 5) is 3.44. The highest BCUT2D eigenvalue weighted by Crippen LogP contribution is 2.37. The van der Waals surface area contributed by atoms with Crippen LogP contribution in [0.2, 0.25) is 0 Å². The van der Waals surface area contributed by atoms with Crippen LogP contribution in [0.15, 0.2) is 47.5 Å². The van der Waals surface area contributed by atoms with E-state index in [9.17, 15) is 8.42 Å². The van der Waals surface area contributed by atoms with E-state index in [1.54, 1.807) is 24.3 Å². The predicted molar refractivity (Wildman–Crippen MR) is 102 cm³/mol. The summed E-state index contributed by atoms with van der Waals surface area (Å²) in [5.41, 5.74) is 3.19. The number of fused-ring (bicyclic) bond motifs is 2. The number of benzene rings is 2. The quantitative estimate of drug-likeness (QED) is 0.491. The van der Waals surface area contributed by atoms with Gasteiger partial charge in [0.15, 0.2) is 11.5 Å². The third-order valence-corrected chi connectivity index (χ3v) is 5.98. The third kappa shape index (κ3) is 3.79. The molecule has 3 aromatic rings. The molecule has 0 aliphatic carbocycles. The van der Waals surface area contributed by atoms with Crippen molar-refractivity contribution in [2.45, 2.75) is 31.1 Å². The van der Waals surface area contributed by atoms with Crippen molar-refractivity contribution >= 4 is 21.0 Å². The van der Waals surface area contributed by atoms with Gasteiger partial charge >= 0.3 is 0 Å². The van der Waals surface area contributed by atoms with Gasteiger partial charge in [-0.05, 0) is 49.9 Å². The van der Waals surface area contributed by atoms with Gasteiger partial charge < -0.3 is 14.5 Å². The monoisotopic (exact) mass is 387 g/mol. The van der Waals surface area contributed by atoms with Crippen LogP contribution in [0.25, 0.3) is 10.9 Å². The van der Waals surface area contributed by atoms with Crippen molar-refractivity contribution < 1.29 is 22.1 Å². The minimum absolute atomic E-state index is 0.172. The van der Waals surface area contributed by atoms with Gasteiger partial charge in [-0.25, -0.2) is 0 Å². The number of H-pyrrole nitrogens is 1. The van der Waals surface area contributed by atoms with Gasteiger partial charge in [0.1, 0.15) is 0 Å². The molecular formula is C20H21NO5S. The summed E-state index contributed by atoms with van der Waals surface area (Å²) in [7, 11) is -3.69. The molecule has 0 radical (unpaired) electrons. The molecule has 142 valence electrons. The van der Waals surface area contributed by atoms with E-state index in [0.29, 0.717) is 6.42 Å². The van der Waals surface area contributed by atoms with Crippen LogP contribution in [0.1, 0.15) is 24.0 Å². The van der Waals surface area contributed by atoms with Gasteiger partial charge in [-0.1, -0.05) is 17.7 Å². The van der Waals surface area contributed by atoms with E-state index >= 15 is 0 Å². The standard InChI is InChI=1S/C20H21NO5S/c1-14-5-7-16(8-6-14)27(22,23)26-9-3-2-4-15-12-21-18-11-20-19(10-17(15)18)24-13-25-20/h5-8,10-12,21H,2-4,9,13H2,1H3. The van der Waals surface area contributed by atoms with Gasteiger partial charge in [-0.15, -0.1) is 0 Å². The molecule has 1 aromatic heterocycles. The Hall–Kier alpha value is -2.51. The minimum atomic E-state index is -3.69. The Morgan fingerprint density at radius 1 is 1.07 bits per heavy atom. The molecule has 0 spiro atoms. The number of unbranched alkanes of at least 4 members (excludes halogenated alkanes) is 1. The number of aromatic nitrogens is 1. The van der Waals surface area contributed by atoms with Crippen LogP contribution in [0.4, 0.5) is 0 Å². The first-order valence-corrected chi connectivity index (χ1v) is 10.3. The summed E-state index contributed by atoms with van der Waals surface area (Å²) in [6, 6.07) is 10.6. The molecule has 7 heteroatoms. The highest BCUT2D eigenvalue weighted by Gasteiger charge is 2.17. The number of aromatic amines is 1. The smallest absolute Gasteiger partial charge is 0.296 e. The molecule has 0 amide bonds. The van der Waals surface area contributed by atoms with Crippen molar-refractivity contribution in [3.05, 3.63) is 53.7 Å². The SMILES string of the molecule is Cc1ccc(S(=O)(=O)OCCCCc2c[nH]c3cc4c(cc23)OCO4)cc1. The number of rotatable bonds is 7. The number of nitrogens with one attached hydrogen (secondary N) is 1. The first-order chi connectivity index (χ1) is 13.0. The molecule has 0 bridgehead atoms. The van der Waals surface area contributed by atoms with Gasteiger partial charge in [-0.2, -0.15) is 8.42 Å². The molecule has 2 aromatic carbocycles. The maximum atomic E-state index is 12.2. The Labute approximate surface area is 158 Å². The molecule has 0 atom stereocenters. The first kappa shape index (κ1) is 17.9. The third-order valence-electron chi connectivity index (χ3n) is 4.65. The second kappa shape index (κ2) is 7.25. The van der Waals surface area contributed by atoms with Crippen LogP contribution >= 0.6 is 0 Å². The first-order valence-electron chi connectivity index (χ1n) is 8.89. The lowest BCUT2D eigenvalue weighted by Gasteiger charge is -2.06. The maximum absolute atomic E-state index is 12.2. The normalized spacial score (nSPS) is 13.4. The van der Waals surface area contributed by atoms with Gasteiger partial charge in [0, 0.05) is 23.2 Å². The second-order valence-corrected chi connectivity index (χ2v) is 8.23. The lowest BCUT2D eigenvalue weighted by Crippen LogP contribution is -2.07. The number of ether oxygens (including phenoxy) is 2. The predicted octanol–water partition coefficient (Wildman–Crippen LogP) is 3.93. The summed E-state index contributed by atoms with van der Waals surface area (Å²) >= 11 is 0. The summed E-state index contributed by atoms with van der Waals surface area (Å²) < 4.78 is 40.3. The minimum Gasteiger partial charge on any atom is -0.454 e. The Morgan fingerprint density at radius 2 is 1.81 bits per heavy atom. The maximum Gasteiger partial charge on any atom is 0.296 e. The van der Waals surface area contributed by atoms with Crippen molar-refractivity contribution in [2.75, 3.05) is 13.4 Å². The lowest BCUT2D eigenvalue weighted by molar-refractivity contribution is 0.174. The average molecular weight is 387 g/mol. The number of hydrogen-bond donors (Lipinski definition) is 1. The molecule has 2 heterocycles. The fraction of sp³-hybridized carbons (Fsp3) is 0.300. The van der Waals surface area contributed by atoms with E-state index in [4.69, 9.17) is 13.7 Å². The van der Waals surface area contributed by atoms with Crippen molar-refractivity contribution in [1.82, 2.24) is 4.98 Å². The molecule has 0 saturated heterocycles. The molecule has 27 heavy (non-hydrogen) atoms. The van der Waals surface area contributed by atoms with Gasteiger partial charge in [0.2, 0.25) is 6.79 Å². The zero-order valence-corrected chi connectivity index (χ0v) is 15.8. The molecule has 0 saturated carbocycles. The molecule has 4 rings (SSSR count). The van der Waals surface area contributed by atoms with Crippen LogP contribution in [-0.4, -0.2) is 26.8 Å². The number of aryl methyl sites for hydroxylation is 2. The molecule has 0 fully saturated rings. The van der Waals surface area contributed by atoms with Crippen molar-refractivity contribution in [3.63, 3.8) is 0 Å². The van der Waals surface area contributed by atoms with E-state index in [1.807, 2.05) is 25.3 Å².